The SMILES string of the molecule is CCCCCc1nc2cc(Nc3nc(-c4cccnc4)cs3)ccc2o1. The van der Waals surface area contributed by atoms with Crippen molar-refractivity contribution < 1.29 is 4.42 Å². The second-order valence-corrected chi connectivity index (χ2v) is 7.01. The summed E-state index contributed by atoms with van der Waals surface area (Å²) in [5.41, 5.74) is 4.60. The van der Waals surface area contributed by atoms with E-state index < -0.39 is 0 Å². The molecule has 3 aromatic heterocycles. The summed E-state index contributed by atoms with van der Waals surface area (Å²) in [7, 11) is 0. The van der Waals surface area contributed by atoms with Gasteiger partial charge in [0.05, 0.1) is 5.69 Å². The highest BCUT2D eigenvalue weighted by Crippen LogP contribution is 2.28. The monoisotopic (exact) mass is 364 g/mol. The molecule has 0 atom stereocenters. The summed E-state index contributed by atoms with van der Waals surface area (Å²) >= 11 is 1.57. The number of thiazole rings is 1. The van der Waals surface area contributed by atoms with E-state index in [2.05, 4.69) is 27.2 Å². The van der Waals surface area contributed by atoms with E-state index in [0.717, 1.165) is 51.9 Å². The number of nitrogens with one attached hydrogen (secondary N) is 1. The van der Waals surface area contributed by atoms with Crippen molar-refractivity contribution in [1.82, 2.24) is 15.0 Å². The molecule has 0 aliphatic carbocycles. The zero-order valence-electron chi connectivity index (χ0n) is 14.6. The number of fused-ring (bicyclic) bond motifs is 1. The summed E-state index contributed by atoms with van der Waals surface area (Å²) in [4.78, 5) is 13.4. The van der Waals surface area contributed by atoms with E-state index in [0.29, 0.717) is 0 Å². The molecule has 0 bridgehead atoms. The van der Waals surface area contributed by atoms with Crippen molar-refractivity contribution in [3.8, 4) is 11.3 Å². The van der Waals surface area contributed by atoms with Crippen LogP contribution in [-0.4, -0.2) is 15.0 Å². The molecule has 132 valence electrons. The van der Waals surface area contributed by atoms with Crippen LogP contribution in [-0.2, 0) is 6.42 Å². The van der Waals surface area contributed by atoms with Gasteiger partial charge in [-0.25, -0.2) is 9.97 Å². The minimum Gasteiger partial charge on any atom is -0.441 e. The number of nitrogens with zero attached hydrogens (tertiary/aromatic N) is 3. The lowest BCUT2D eigenvalue weighted by atomic mass is 10.2. The van der Waals surface area contributed by atoms with Crippen LogP contribution < -0.4 is 5.32 Å². The van der Waals surface area contributed by atoms with Crippen LogP contribution in [0, 0.1) is 0 Å². The van der Waals surface area contributed by atoms with Gasteiger partial charge in [-0.1, -0.05) is 19.8 Å². The Morgan fingerprint density at radius 3 is 2.96 bits per heavy atom. The molecular weight excluding hydrogens is 344 g/mol. The number of anilines is 2. The van der Waals surface area contributed by atoms with Crippen LogP contribution in [0.5, 0.6) is 0 Å². The minimum absolute atomic E-state index is 0.818. The van der Waals surface area contributed by atoms with Crippen molar-refractivity contribution in [3.63, 3.8) is 0 Å². The maximum Gasteiger partial charge on any atom is 0.195 e. The highest BCUT2D eigenvalue weighted by molar-refractivity contribution is 7.14. The Balaban J connectivity index is 1.49. The lowest BCUT2D eigenvalue weighted by Gasteiger charge is -2.01. The standard InChI is InChI=1S/C20H20N4OS/c1-2-3-4-7-19-23-16-11-15(8-9-18(16)25-19)22-20-24-17(13-26-20)14-6-5-10-21-12-14/h5-6,8-13H,2-4,7H2,1H3,(H,22,24). The summed E-state index contributed by atoms with van der Waals surface area (Å²) in [5, 5.41) is 6.22. The summed E-state index contributed by atoms with van der Waals surface area (Å²) in [6, 6.07) is 9.89. The highest BCUT2D eigenvalue weighted by atomic mass is 32.1. The van der Waals surface area contributed by atoms with Crippen molar-refractivity contribution in [3.05, 3.63) is 54.0 Å². The van der Waals surface area contributed by atoms with E-state index in [4.69, 9.17) is 4.42 Å². The predicted molar refractivity (Wildman–Crippen MR) is 106 cm³/mol. The molecular formula is C20H20N4OS. The molecule has 0 unspecified atom stereocenters. The van der Waals surface area contributed by atoms with Gasteiger partial charge in [0.1, 0.15) is 5.52 Å². The molecule has 6 heteroatoms. The van der Waals surface area contributed by atoms with E-state index in [1.54, 1.807) is 17.5 Å². The number of rotatable bonds is 7. The van der Waals surface area contributed by atoms with Gasteiger partial charge >= 0.3 is 0 Å². The van der Waals surface area contributed by atoms with E-state index in [1.165, 1.54) is 12.8 Å². The van der Waals surface area contributed by atoms with E-state index in [9.17, 15) is 0 Å². The van der Waals surface area contributed by atoms with Crippen LogP contribution in [0.1, 0.15) is 32.1 Å². The molecule has 0 spiro atoms. The Morgan fingerprint density at radius 1 is 1.15 bits per heavy atom. The number of benzene rings is 1. The van der Waals surface area contributed by atoms with Crippen molar-refractivity contribution >= 4 is 33.3 Å². The topological polar surface area (TPSA) is 63.8 Å². The number of unbranched alkanes of at least 4 members (excludes halogenated alkanes) is 2. The van der Waals surface area contributed by atoms with Crippen LogP contribution in [0.2, 0.25) is 0 Å². The zero-order chi connectivity index (χ0) is 17.8. The van der Waals surface area contributed by atoms with Crippen molar-refractivity contribution in [1.29, 1.82) is 0 Å². The molecule has 3 heterocycles. The van der Waals surface area contributed by atoms with Gasteiger partial charge in [-0.3, -0.25) is 4.98 Å². The van der Waals surface area contributed by atoms with Gasteiger partial charge in [-0.05, 0) is 36.8 Å². The van der Waals surface area contributed by atoms with Gasteiger partial charge in [-0.15, -0.1) is 11.3 Å². The predicted octanol–water partition coefficient (Wildman–Crippen LogP) is 5.82. The van der Waals surface area contributed by atoms with Crippen molar-refractivity contribution in [2.75, 3.05) is 5.32 Å². The largest absolute Gasteiger partial charge is 0.441 e. The smallest absolute Gasteiger partial charge is 0.195 e. The first-order valence-corrected chi connectivity index (χ1v) is 9.72. The highest BCUT2D eigenvalue weighted by Gasteiger charge is 2.08. The van der Waals surface area contributed by atoms with Crippen LogP contribution in [0.15, 0.2) is 52.5 Å². The van der Waals surface area contributed by atoms with Gasteiger partial charge in [0.2, 0.25) is 0 Å². The molecule has 0 saturated carbocycles. The molecule has 0 saturated heterocycles. The number of hydrogen-bond acceptors (Lipinski definition) is 6. The lowest BCUT2D eigenvalue weighted by Crippen LogP contribution is -1.89. The molecule has 26 heavy (non-hydrogen) atoms. The average molecular weight is 364 g/mol. The molecule has 5 nitrogen and oxygen atoms in total. The molecule has 0 aliphatic rings. The van der Waals surface area contributed by atoms with Gasteiger partial charge in [0.15, 0.2) is 16.6 Å². The van der Waals surface area contributed by atoms with Crippen LogP contribution >= 0.6 is 11.3 Å². The van der Waals surface area contributed by atoms with Gasteiger partial charge < -0.3 is 9.73 Å². The lowest BCUT2D eigenvalue weighted by molar-refractivity contribution is 0.513. The van der Waals surface area contributed by atoms with E-state index in [-0.39, 0.29) is 0 Å². The van der Waals surface area contributed by atoms with Crippen molar-refractivity contribution in [2.45, 2.75) is 32.6 Å². The van der Waals surface area contributed by atoms with Crippen LogP contribution in [0.25, 0.3) is 22.4 Å². The first-order chi connectivity index (χ1) is 12.8. The maximum atomic E-state index is 5.82. The van der Waals surface area contributed by atoms with Crippen LogP contribution in [0.3, 0.4) is 0 Å². The maximum absolute atomic E-state index is 5.82. The van der Waals surface area contributed by atoms with Crippen molar-refractivity contribution in [2.24, 2.45) is 0 Å². The summed E-state index contributed by atoms with van der Waals surface area (Å²) in [6.07, 6.45) is 7.99. The second-order valence-electron chi connectivity index (χ2n) is 6.15. The third-order valence-corrected chi connectivity index (χ3v) is 4.90. The normalized spacial score (nSPS) is 11.1. The van der Waals surface area contributed by atoms with Gasteiger partial charge in [0, 0.05) is 35.4 Å². The summed E-state index contributed by atoms with van der Waals surface area (Å²) in [5.74, 6) is 0.818. The number of aryl methyl sites for hydroxylation is 1. The fourth-order valence-electron chi connectivity index (χ4n) is 2.79. The fraction of sp³-hybridized carbons (Fsp3) is 0.250. The number of pyridine rings is 1. The number of hydrogen-bond donors (Lipinski definition) is 1. The molecule has 1 N–H and O–H groups in total. The summed E-state index contributed by atoms with van der Waals surface area (Å²) in [6.45, 7) is 2.20. The Kier molecular flexibility index (Phi) is 4.93. The Hall–Kier alpha value is -2.73. The number of aromatic nitrogens is 3. The first-order valence-electron chi connectivity index (χ1n) is 8.84. The average Bonchev–Trinajstić information content (AvgIpc) is 3.29. The molecule has 1 aromatic carbocycles. The molecule has 0 amide bonds. The van der Waals surface area contributed by atoms with Gasteiger partial charge in [0.25, 0.3) is 0 Å². The minimum atomic E-state index is 0.818. The second kappa shape index (κ2) is 7.66. The van der Waals surface area contributed by atoms with Gasteiger partial charge in [-0.2, -0.15) is 0 Å². The molecule has 4 rings (SSSR count). The fourth-order valence-corrected chi connectivity index (χ4v) is 3.53. The Bertz CT molecular complexity index is 993. The Labute approximate surface area is 156 Å². The quantitative estimate of drug-likeness (QED) is 0.418. The molecule has 4 aromatic rings. The van der Waals surface area contributed by atoms with Crippen LogP contribution in [0.4, 0.5) is 10.8 Å². The first kappa shape index (κ1) is 16.7. The van der Waals surface area contributed by atoms with E-state index >= 15 is 0 Å². The summed E-state index contributed by atoms with van der Waals surface area (Å²) < 4.78 is 5.82. The Morgan fingerprint density at radius 2 is 2.12 bits per heavy atom. The molecule has 0 fully saturated rings. The molecule has 0 radical (unpaired) electrons. The zero-order valence-corrected chi connectivity index (χ0v) is 15.4. The number of oxazole rings is 1. The third kappa shape index (κ3) is 3.75. The van der Waals surface area contributed by atoms with E-state index in [1.807, 2.05) is 41.9 Å². The molecule has 0 aliphatic heterocycles. The third-order valence-electron chi connectivity index (χ3n) is 4.14.